The highest BCUT2D eigenvalue weighted by atomic mass is 32.2. The minimum atomic E-state index is -2.95. The van der Waals surface area contributed by atoms with Gasteiger partial charge in [0.25, 0.3) is 0 Å². The molecule has 1 aliphatic rings. The van der Waals surface area contributed by atoms with Gasteiger partial charge in [0.05, 0.1) is 25.2 Å². The van der Waals surface area contributed by atoms with Gasteiger partial charge in [-0.25, -0.2) is 8.42 Å². The zero-order valence-corrected chi connectivity index (χ0v) is 16.3. The molecule has 144 valence electrons. The van der Waals surface area contributed by atoms with Crippen molar-refractivity contribution in [1.29, 1.82) is 0 Å². The Labute approximate surface area is 160 Å². The van der Waals surface area contributed by atoms with Crippen LogP contribution >= 0.6 is 0 Å². The van der Waals surface area contributed by atoms with Crippen molar-refractivity contribution in [2.24, 2.45) is 0 Å². The van der Waals surface area contributed by atoms with E-state index >= 15 is 0 Å². The van der Waals surface area contributed by atoms with Crippen LogP contribution in [0.4, 0.5) is 5.69 Å². The van der Waals surface area contributed by atoms with Crippen LogP contribution in [-0.4, -0.2) is 57.5 Å². The predicted molar refractivity (Wildman–Crippen MR) is 107 cm³/mol. The summed E-state index contributed by atoms with van der Waals surface area (Å²) >= 11 is 0. The van der Waals surface area contributed by atoms with Crippen molar-refractivity contribution >= 4 is 21.4 Å². The summed E-state index contributed by atoms with van der Waals surface area (Å²) in [6, 6.07) is 15.3. The average Bonchev–Trinajstić information content (AvgIpc) is 3.02. The molecular weight excluding hydrogens is 364 g/mol. The summed E-state index contributed by atoms with van der Waals surface area (Å²) in [5.74, 6) is 0.972. The normalized spacial score (nSPS) is 18.4. The molecule has 0 unspecified atom stereocenters. The fourth-order valence-electron chi connectivity index (χ4n) is 3.23. The summed E-state index contributed by atoms with van der Waals surface area (Å²) in [4.78, 5) is 14.1. The summed E-state index contributed by atoms with van der Waals surface area (Å²) in [6.45, 7) is 0.165. The molecule has 0 saturated carbocycles. The third-order valence-corrected chi connectivity index (χ3v) is 6.55. The van der Waals surface area contributed by atoms with E-state index in [1.54, 1.807) is 14.2 Å². The maximum Gasteiger partial charge on any atom is 0.238 e. The second-order valence-corrected chi connectivity index (χ2v) is 9.06. The van der Waals surface area contributed by atoms with Gasteiger partial charge in [-0.1, -0.05) is 24.3 Å². The molecule has 1 heterocycles. The predicted octanol–water partition coefficient (Wildman–Crippen LogP) is 2.42. The van der Waals surface area contributed by atoms with Crippen LogP contribution < -0.4 is 10.1 Å². The van der Waals surface area contributed by atoms with Gasteiger partial charge in [0, 0.05) is 11.7 Å². The SMILES string of the molecule is COc1cccc(-c2ccc(NC(=O)CN(C)[C@@H]3CCS(=O)(=O)C3)cc2)c1. The monoisotopic (exact) mass is 388 g/mol. The molecule has 3 rings (SSSR count). The van der Waals surface area contributed by atoms with E-state index in [9.17, 15) is 13.2 Å². The highest BCUT2D eigenvalue weighted by Crippen LogP contribution is 2.25. The molecule has 1 atom stereocenters. The van der Waals surface area contributed by atoms with Crippen molar-refractivity contribution < 1.29 is 17.9 Å². The van der Waals surface area contributed by atoms with E-state index in [-0.39, 0.29) is 30.0 Å². The molecule has 0 aliphatic carbocycles. The number of ether oxygens (including phenoxy) is 1. The summed E-state index contributed by atoms with van der Waals surface area (Å²) in [7, 11) is 0.470. The third-order valence-electron chi connectivity index (χ3n) is 4.80. The average molecular weight is 388 g/mol. The molecule has 1 fully saturated rings. The van der Waals surface area contributed by atoms with Gasteiger partial charge in [0.1, 0.15) is 5.75 Å². The summed E-state index contributed by atoms with van der Waals surface area (Å²) in [5.41, 5.74) is 2.77. The van der Waals surface area contributed by atoms with Gasteiger partial charge in [0.2, 0.25) is 5.91 Å². The second kappa shape index (κ2) is 8.10. The lowest BCUT2D eigenvalue weighted by Gasteiger charge is -2.22. The molecule has 2 aromatic carbocycles. The quantitative estimate of drug-likeness (QED) is 0.823. The van der Waals surface area contributed by atoms with Crippen molar-refractivity contribution in [3.8, 4) is 16.9 Å². The van der Waals surface area contributed by atoms with Crippen LogP contribution in [-0.2, 0) is 14.6 Å². The van der Waals surface area contributed by atoms with Gasteiger partial charge in [-0.05, 0) is 48.9 Å². The number of methoxy groups -OCH3 is 1. The molecule has 0 aromatic heterocycles. The zero-order valence-electron chi connectivity index (χ0n) is 15.5. The van der Waals surface area contributed by atoms with Gasteiger partial charge >= 0.3 is 0 Å². The highest BCUT2D eigenvalue weighted by molar-refractivity contribution is 7.91. The number of nitrogens with zero attached hydrogens (tertiary/aromatic N) is 1. The minimum Gasteiger partial charge on any atom is -0.497 e. The zero-order chi connectivity index (χ0) is 19.4. The first kappa shape index (κ1) is 19.4. The fraction of sp³-hybridized carbons (Fsp3) is 0.350. The van der Waals surface area contributed by atoms with E-state index < -0.39 is 9.84 Å². The fourth-order valence-corrected chi connectivity index (χ4v) is 5.03. The number of carbonyl (C=O) groups excluding carboxylic acids is 1. The highest BCUT2D eigenvalue weighted by Gasteiger charge is 2.31. The van der Waals surface area contributed by atoms with Crippen molar-refractivity contribution in [3.63, 3.8) is 0 Å². The molecule has 7 heteroatoms. The first-order chi connectivity index (χ1) is 12.9. The van der Waals surface area contributed by atoms with Crippen molar-refractivity contribution in [2.75, 3.05) is 37.5 Å². The van der Waals surface area contributed by atoms with Crippen molar-refractivity contribution in [3.05, 3.63) is 48.5 Å². The van der Waals surface area contributed by atoms with Crippen LogP contribution in [0, 0.1) is 0 Å². The molecule has 1 saturated heterocycles. The number of sulfone groups is 1. The van der Waals surface area contributed by atoms with Crippen molar-refractivity contribution in [2.45, 2.75) is 12.5 Å². The first-order valence-corrected chi connectivity index (χ1v) is 10.6. The number of nitrogens with one attached hydrogen (secondary N) is 1. The Hall–Kier alpha value is -2.38. The van der Waals surface area contributed by atoms with Gasteiger partial charge in [-0.3, -0.25) is 9.69 Å². The van der Waals surface area contributed by atoms with E-state index in [1.165, 1.54) is 0 Å². The van der Waals surface area contributed by atoms with Crippen LogP contribution in [0.25, 0.3) is 11.1 Å². The number of hydrogen-bond acceptors (Lipinski definition) is 5. The topological polar surface area (TPSA) is 75.7 Å². The smallest absolute Gasteiger partial charge is 0.238 e. The molecule has 27 heavy (non-hydrogen) atoms. The Morgan fingerprint density at radius 3 is 2.56 bits per heavy atom. The van der Waals surface area contributed by atoms with Crippen LogP contribution in [0.5, 0.6) is 5.75 Å². The molecule has 0 radical (unpaired) electrons. The van der Waals surface area contributed by atoms with Gasteiger partial charge in [-0.2, -0.15) is 0 Å². The number of rotatable bonds is 6. The molecule has 2 aromatic rings. The van der Waals surface area contributed by atoms with Crippen LogP contribution in [0.1, 0.15) is 6.42 Å². The largest absolute Gasteiger partial charge is 0.497 e. The lowest BCUT2D eigenvalue weighted by atomic mass is 10.1. The van der Waals surface area contributed by atoms with E-state index in [0.29, 0.717) is 12.1 Å². The molecule has 1 N–H and O–H groups in total. The summed E-state index contributed by atoms with van der Waals surface area (Å²) < 4.78 is 28.4. The van der Waals surface area contributed by atoms with E-state index in [0.717, 1.165) is 16.9 Å². The van der Waals surface area contributed by atoms with Crippen LogP contribution in [0.3, 0.4) is 0 Å². The summed E-state index contributed by atoms with van der Waals surface area (Å²) in [6.07, 6.45) is 0.585. The van der Waals surface area contributed by atoms with Gasteiger partial charge in [-0.15, -0.1) is 0 Å². The Balaban J connectivity index is 1.58. The van der Waals surface area contributed by atoms with E-state index in [4.69, 9.17) is 4.74 Å². The van der Waals surface area contributed by atoms with Crippen molar-refractivity contribution in [1.82, 2.24) is 4.90 Å². The number of anilines is 1. The Bertz CT molecular complexity index is 910. The molecule has 0 bridgehead atoms. The Morgan fingerprint density at radius 1 is 1.19 bits per heavy atom. The minimum absolute atomic E-state index is 0.0869. The Morgan fingerprint density at radius 2 is 1.93 bits per heavy atom. The molecular formula is C20H24N2O4S. The number of amides is 1. The maximum atomic E-state index is 12.3. The number of hydrogen-bond donors (Lipinski definition) is 1. The first-order valence-electron chi connectivity index (χ1n) is 8.81. The third kappa shape index (κ3) is 5.08. The van der Waals surface area contributed by atoms with E-state index in [1.807, 2.05) is 53.4 Å². The summed E-state index contributed by atoms with van der Waals surface area (Å²) in [5, 5.41) is 2.86. The molecule has 6 nitrogen and oxygen atoms in total. The lowest BCUT2D eigenvalue weighted by molar-refractivity contribution is -0.117. The molecule has 1 aliphatic heterocycles. The number of benzene rings is 2. The molecule has 1 amide bonds. The number of likely N-dealkylation sites (N-methyl/N-ethyl adjacent to an activating group) is 1. The van der Waals surface area contributed by atoms with Crippen LogP contribution in [0.2, 0.25) is 0 Å². The van der Waals surface area contributed by atoms with Gasteiger partial charge in [0.15, 0.2) is 9.84 Å². The lowest BCUT2D eigenvalue weighted by Crippen LogP contribution is -2.38. The number of carbonyl (C=O) groups is 1. The van der Waals surface area contributed by atoms with E-state index in [2.05, 4.69) is 5.32 Å². The Kier molecular flexibility index (Phi) is 5.82. The standard InChI is InChI=1S/C20H24N2O4S/c1-22(18-10-11-27(24,25)14-18)13-20(23)21-17-8-6-15(7-9-17)16-4-3-5-19(12-16)26-2/h3-9,12,18H,10-11,13-14H2,1-2H3,(H,21,23)/t18-/m1/s1. The molecule has 0 spiro atoms. The van der Waals surface area contributed by atoms with Gasteiger partial charge < -0.3 is 10.1 Å². The maximum absolute atomic E-state index is 12.3. The van der Waals surface area contributed by atoms with Crippen LogP contribution in [0.15, 0.2) is 48.5 Å². The second-order valence-electron chi connectivity index (χ2n) is 6.83.